The summed E-state index contributed by atoms with van der Waals surface area (Å²) in [5, 5.41) is 3.29. The van der Waals surface area contributed by atoms with Gasteiger partial charge in [-0.3, -0.25) is 4.79 Å². The highest BCUT2D eigenvalue weighted by Gasteiger charge is 2.39. The van der Waals surface area contributed by atoms with Gasteiger partial charge >= 0.3 is 0 Å². The van der Waals surface area contributed by atoms with Gasteiger partial charge in [0.25, 0.3) is 0 Å². The first-order valence-electron chi connectivity index (χ1n) is 8.70. The molecule has 1 aliphatic carbocycles. The first-order valence-corrected chi connectivity index (χ1v) is 8.70. The van der Waals surface area contributed by atoms with E-state index < -0.39 is 0 Å². The molecule has 1 unspecified atom stereocenters. The van der Waals surface area contributed by atoms with E-state index >= 15 is 0 Å². The Balaban J connectivity index is 0.00000161. The van der Waals surface area contributed by atoms with Crippen LogP contribution in [-0.4, -0.2) is 37.0 Å². The molecule has 0 aromatic carbocycles. The fourth-order valence-corrected chi connectivity index (χ4v) is 4.44. The van der Waals surface area contributed by atoms with Gasteiger partial charge in [0.2, 0.25) is 5.91 Å². The van der Waals surface area contributed by atoms with Crippen LogP contribution in [0.3, 0.4) is 0 Å². The minimum atomic E-state index is 0. The molecule has 122 valence electrons. The fourth-order valence-electron chi connectivity index (χ4n) is 4.44. The van der Waals surface area contributed by atoms with Crippen molar-refractivity contribution in [1.29, 1.82) is 0 Å². The first kappa shape index (κ1) is 17.1. The van der Waals surface area contributed by atoms with Gasteiger partial charge in [0.15, 0.2) is 0 Å². The van der Waals surface area contributed by atoms with Crippen molar-refractivity contribution in [1.82, 2.24) is 10.2 Å². The maximum absolute atomic E-state index is 12.7. The normalized spacial score (nSPS) is 27.4. The third kappa shape index (κ3) is 3.73. The molecule has 3 nitrogen and oxygen atoms in total. The Hall–Kier alpha value is -0.280. The number of hydrogen-bond donors (Lipinski definition) is 1. The lowest BCUT2D eigenvalue weighted by atomic mass is 9.73. The van der Waals surface area contributed by atoms with Gasteiger partial charge in [-0.05, 0) is 50.1 Å². The lowest BCUT2D eigenvalue weighted by Crippen LogP contribution is -2.53. The molecule has 3 rings (SSSR count). The van der Waals surface area contributed by atoms with E-state index in [0.717, 1.165) is 26.2 Å². The minimum absolute atomic E-state index is 0. The van der Waals surface area contributed by atoms with Crippen LogP contribution in [0.2, 0.25) is 0 Å². The van der Waals surface area contributed by atoms with Crippen molar-refractivity contribution in [3.63, 3.8) is 0 Å². The number of carbonyl (C=O) groups excluding carboxylic acids is 1. The topological polar surface area (TPSA) is 32.3 Å². The van der Waals surface area contributed by atoms with Crippen LogP contribution < -0.4 is 5.32 Å². The first-order chi connectivity index (χ1) is 9.70. The van der Waals surface area contributed by atoms with Crippen LogP contribution in [-0.2, 0) is 4.79 Å². The zero-order chi connectivity index (χ0) is 14.0. The maximum atomic E-state index is 12.7. The summed E-state index contributed by atoms with van der Waals surface area (Å²) in [6.45, 7) is 6.27. The van der Waals surface area contributed by atoms with Crippen LogP contribution in [0.5, 0.6) is 0 Å². The third-order valence-electron chi connectivity index (χ3n) is 6.05. The highest BCUT2D eigenvalue weighted by Crippen LogP contribution is 2.42. The van der Waals surface area contributed by atoms with E-state index in [2.05, 4.69) is 17.1 Å². The zero-order valence-electron chi connectivity index (χ0n) is 13.4. The van der Waals surface area contributed by atoms with Crippen molar-refractivity contribution in [2.45, 2.75) is 58.3 Å². The molecule has 4 heteroatoms. The fraction of sp³-hybridized carbons (Fsp3) is 0.941. The summed E-state index contributed by atoms with van der Waals surface area (Å²) in [5.41, 5.74) is 0.474. The second kappa shape index (κ2) is 7.32. The number of halogens is 1. The largest absolute Gasteiger partial charge is 0.342 e. The predicted octanol–water partition coefficient (Wildman–Crippen LogP) is 3.23. The Labute approximate surface area is 135 Å². The molecule has 3 aliphatic rings. The van der Waals surface area contributed by atoms with Gasteiger partial charge in [-0.25, -0.2) is 0 Å². The third-order valence-corrected chi connectivity index (χ3v) is 6.05. The smallest absolute Gasteiger partial charge is 0.225 e. The lowest BCUT2D eigenvalue weighted by Gasteiger charge is -2.44. The molecule has 0 bridgehead atoms. The monoisotopic (exact) mass is 314 g/mol. The van der Waals surface area contributed by atoms with Crippen molar-refractivity contribution in [2.75, 3.05) is 26.2 Å². The Morgan fingerprint density at radius 1 is 1.10 bits per heavy atom. The summed E-state index contributed by atoms with van der Waals surface area (Å²) in [6.07, 6.45) is 10.9. The molecule has 0 aromatic heterocycles. The Morgan fingerprint density at radius 2 is 1.71 bits per heavy atom. The highest BCUT2D eigenvalue weighted by molar-refractivity contribution is 5.85. The van der Waals surface area contributed by atoms with Crippen molar-refractivity contribution in [2.24, 2.45) is 17.3 Å². The van der Waals surface area contributed by atoms with Crippen molar-refractivity contribution in [3.8, 4) is 0 Å². The van der Waals surface area contributed by atoms with Crippen LogP contribution >= 0.6 is 12.4 Å². The van der Waals surface area contributed by atoms with Crippen LogP contribution in [0.15, 0.2) is 0 Å². The van der Waals surface area contributed by atoms with Gasteiger partial charge in [-0.2, -0.15) is 0 Å². The quantitative estimate of drug-likeness (QED) is 0.848. The number of piperidine rings is 1. The van der Waals surface area contributed by atoms with Gasteiger partial charge in [-0.1, -0.05) is 32.6 Å². The van der Waals surface area contributed by atoms with Crippen LogP contribution in [0.4, 0.5) is 0 Å². The van der Waals surface area contributed by atoms with E-state index in [1.807, 2.05) is 0 Å². The minimum Gasteiger partial charge on any atom is -0.342 e. The van der Waals surface area contributed by atoms with Gasteiger partial charge in [0.1, 0.15) is 0 Å². The maximum Gasteiger partial charge on any atom is 0.225 e. The summed E-state index contributed by atoms with van der Waals surface area (Å²) in [6, 6.07) is 0. The van der Waals surface area contributed by atoms with Gasteiger partial charge < -0.3 is 10.2 Å². The molecule has 2 saturated heterocycles. The van der Waals surface area contributed by atoms with Crippen molar-refractivity contribution < 1.29 is 4.79 Å². The lowest BCUT2D eigenvalue weighted by molar-refractivity contribution is -0.141. The summed E-state index contributed by atoms with van der Waals surface area (Å²) in [4.78, 5) is 15.0. The molecule has 21 heavy (non-hydrogen) atoms. The molecule has 0 aromatic rings. The number of nitrogens with one attached hydrogen (secondary N) is 1. The van der Waals surface area contributed by atoms with Crippen molar-refractivity contribution >= 4 is 18.3 Å². The Kier molecular flexibility index (Phi) is 5.96. The molecule has 1 amide bonds. The number of carbonyl (C=O) groups is 1. The standard InChI is InChI=1S/C17H30N2O.ClH/c1-14(15-11-18-12-15)16(20)19-10-6-9-17(13-19)7-4-2-3-5-8-17;/h14-15,18H,2-13H2,1H3;1H. The van der Waals surface area contributed by atoms with Gasteiger partial charge in [-0.15, -0.1) is 12.4 Å². The van der Waals surface area contributed by atoms with E-state index in [1.54, 1.807) is 0 Å². The SMILES string of the molecule is CC(C(=O)N1CCCC2(CCCCCC2)C1)C1CNC1.Cl. The molecular weight excluding hydrogens is 284 g/mol. The molecular formula is C17H31ClN2O. The number of rotatable bonds is 2. The zero-order valence-corrected chi connectivity index (χ0v) is 14.2. The Bertz CT molecular complexity index is 349. The summed E-state index contributed by atoms with van der Waals surface area (Å²) < 4.78 is 0. The van der Waals surface area contributed by atoms with Crippen LogP contribution in [0.1, 0.15) is 58.3 Å². The molecule has 2 heterocycles. The van der Waals surface area contributed by atoms with E-state index in [-0.39, 0.29) is 18.3 Å². The van der Waals surface area contributed by atoms with Crippen molar-refractivity contribution in [3.05, 3.63) is 0 Å². The average molecular weight is 315 g/mol. The van der Waals surface area contributed by atoms with Crippen LogP contribution in [0, 0.1) is 17.3 Å². The Morgan fingerprint density at radius 3 is 2.29 bits per heavy atom. The summed E-state index contributed by atoms with van der Waals surface area (Å²) >= 11 is 0. The van der Waals surface area contributed by atoms with Gasteiger partial charge in [0.05, 0.1) is 0 Å². The average Bonchev–Trinajstić information content (AvgIpc) is 2.61. The second-order valence-corrected chi connectivity index (χ2v) is 7.48. The number of amides is 1. The number of likely N-dealkylation sites (tertiary alicyclic amines) is 1. The van der Waals surface area contributed by atoms with Crippen LogP contribution in [0.25, 0.3) is 0 Å². The molecule has 1 atom stereocenters. The molecule has 1 N–H and O–H groups in total. The number of nitrogens with zero attached hydrogens (tertiary/aromatic N) is 1. The van der Waals surface area contributed by atoms with E-state index in [9.17, 15) is 4.79 Å². The summed E-state index contributed by atoms with van der Waals surface area (Å²) in [5.74, 6) is 1.23. The van der Waals surface area contributed by atoms with E-state index in [4.69, 9.17) is 0 Å². The molecule has 2 aliphatic heterocycles. The predicted molar refractivity (Wildman–Crippen MR) is 88.7 cm³/mol. The summed E-state index contributed by atoms with van der Waals surface area (Å²) in [7, 11) is 0. The molecule has 1 spiro atoms. The number of hydrogen-bond acceptors (Lipinski definition) is 2. The molecule has 3 fully saturated rings. The second-order valence-electron chi connectivity index (χ2n) is 7.48. The van der Waals surface area contributed by atoms with E-state index in [1.165, 1.54) is 51.4 Å². The highest BCUT2D eigenvalue weighted by atomic mass is 35.5. The van der Waals surface area contributed by atoms with Gasteiger partial charge in [0, 0.05) is 19.0 Å². The molecule has 1 saturated carbocycles. The molecule has 0 radical (unpaired) electrons. The van der Waals surface area contributed by atoms with E-state index in [0.29, 0.717) is 17.2 Å².